The van der Waals surface area contributed by atoms with Crippen molar-refractivity contribution in [3.05, 3.63) is 69.6 Å². The molecule has 2 aromatic carbocycles. The average molecular weight is 454 g/mol. The lowest BCUT2D eigenvalue weighted by Crippen LogP contribution is -2.24. The van der Waals surface area contributed by atoms with E-state index in [1.54, 1.807) is 22.8 Å². The molecule has 0 aliphatic heterocycles. The summed E-state index contributed by atoms with van der Waals surface area (Å²) in [6, 6.07) is 15.9. The van der Waals surface area contributed by atoms with Crippen LogP contribution in [0.2, 0.25) is 0 Å². The van der Waals surface area contributed by atoms with Crippen LogP contribution in [0.1, 0.15) is 30.8 Å². The normalized spacial score (nSPS) is 12.2. The van der Waals surface area contributed by atoms with E-state index in [2.05, 4.69) is 26.6 Å². The molecule has 0 radical (unpaired) electrons. The van der Waals surface area contributed by atoms with E-state index in [-0.39, 0.29) is 11.6 Å². The maximum atomic E-state index is 12.6. The van der Waals surface area contributed by atoms with Gasteiger partial charge in [-0.25, -0.2) is 14.9 Å². The summed E-state index contributed by atoms with van der Waals surface area (Å²) in [6.45, 7) is 4.36. The Hall–Kier alpha value is -2.91. The van der Waals surface area contributed by atoms with E-state index >= 15 is 0 Å². The number of aromatic nitrogens is 4. The number of carbonyl (C=O) groups excluding carboxylic acids is 1. The second-order valence-electron chi connectivity index (χ2n) is 7.16. The molecule has 9 heteroatoms. The van der Waals surface area contributed by atoms with Crippen molar-refractivity contribution >= 4 is 44.9 Å². The summed E-state index contributed by atoms with van der Waals surface area (Å²) < 4.78 is 2.75. The molecule has 2 N–H and O–H groups in total. The Balaban J connectivity index is 1.36. The van der Waals surface area contributed by atoms with Crippen LogP contribution in [0.4, 0.5) is 5.69 Å². The van der Waals surface area contributed by atoms with Gasteiger partial charge in [0.05, 0.1) is 20.5 Å². The zero-order chi connectivity index (χ0) is 21.8. The van der Waals surface area contributed by atoms with Crippen LogP contribution in [0.25, 0.3) is 10.2 Å². The fourth-order valence-electron chi connectivity index (χ4n) is 3.15. The van der Waals surface area contributed by atoms with E-state index in [0.29, 0.717) is 11.7 Å². The number of nitrogens with one attached hydrogen (secondary N) is 2. The quantitative estimate of drug-likeness (QED) is 0.388. The van der Waals surface area contributed by atoms with Crippen LogP contribution in [0, 0.1) is 0 Å². The van der Waals surface area contributed by atoms with Gasteiger partial charge in [0.1, 0.15) is 0 Å². The SMILES string of the molecule is CCCn1c(S[C@H](C)C(=O)Nc2ccc(Cc3nc4ccccc4s3)cc2)n[nH]c1=O. The van der Waals surface area contributed by atoms with E-state index in [4.69, 9.17) is 0 Å². The van der Waals surface area contributed by atoms with Gasteiger partial charge in [0, 0.05) is 18.7 Å². The van der Waals surface area contributed by atoms with Crippen molar-refractivity contribution in [3.63, 3.8) is 0 Å². The number of nitrogens with zero attached hydrogens (tertiary/aromatic N) is 3. The summed E-state index contributed by atoms with van der Waals surface area (Å²) in [5.74, 6) is -0.137. The van der Waals surface area contributed by atoms with Gasteiger partial charge in [-0.3, -0.25) is 9.36 Å². The predicted molar refractivity (Wildman–Crippen MR) is 126 cm³/mol. The summed E-state index contributed by atoms with van der Waals surface area (Å²) in [5.41, 5.74) is 2.65. The predicted octanol–water partition coefficient (Wildman–Crippen LogP) is 4.30. The summed E-state index contributed by atoms with van der Waals surface area (Å²) in [6.07, 6.45) is 1.57. The minimum atomic E-state index is -0.395. The lowest BCUT2D eigenvalue weighted by molar-refractivity contribution is -0.115. The van der Waals surface area contributed by atoms with Gasteiger partial charge in [0.15, 0.2) is 5.16 Å². The Morgan fingerprint density at radius 3 is 2.74 bits per heavy atom. The minimum absolute atomic E-state index is 0.137. The van der Waals surface area contributed by atoms with Crippen LogP contribution < -0.4 is 11.0 Å². The summed E-state index contributed by atoms with van der Waals surface area (Å²) in [4.78, 5) is 29.1. The van der Waals surface area contributed by atoms with Crippen LogP contribution in [0.5, 0.6) is 0 Å². The molecule has 1 atom stereocenters. The maximum absolute atomic E-state index is 12.6. The monoisotopic (exact) mass is 453 g/mol. The molecule has 0 bridgehead atoms. The fraction of sp³-hybridized carbons (Fsp3) is 0.273. The van der Waals surface area contributed by atoms with E-state index in [0.717, 1.165) is 34.6 Å². The van der Waals surface area contributed by atoms with Gasteiger partial charge in [-0.1, -0.05) is 43.0 Å². The molecule has 0 saturated heterocycles. The number of rotatable bonds is 8. The van der Waals surface area contributed by atoms with E-state index in [1.807, 2.05) is 49.4 Å². The van der Waals surface area contributed by atoms with Gasteiger partial charge in [-0.15, -0.1) is 16.4 Å². The molecule has 0 aliphatic carbocycles. The highest BCUT2D eigenvalue weighted by Crippen LogP contribution is 2.25. The molecule has 4 aromatic rings. The second-order valence-corrected chi connectivity index (χ2v) is 9.58. The molecule has 4 rings (SSSR count). The first-order valence-corrected chi connectivity index (χ1v) is 11.8. The maximum Gasteiger partial charge on any atom is 0.343 e. The molecule has 0 spiro atoms. The molecule has 0 saturated carbocycles. The number of benzene rings is 2. The van der Waals surface area contributed by atoms with Gasteiger partial charge >= 0.3 is 5.69 Å². The Kier molecular flexibility index (Phi) is 6.53. The number of thioether (sulfide) groups is 1. The van der Waals surface area contributed by atoms with E-state index < -0.39 is 5.25 Å². The molecule has 0 unspecified atom stereocenters. The number of amides is 1. The van der Waals surface area contributed by atoms with Crippen LogP contribution >= 0.6 is 23.1 Å². The first-order chi connectivity index (χ1) is 15.0. The molecule has 2 heterocycles. The van der Waals surface area contributed by atoms with Crippen LogP contribution in [0.15, 0.2) is 58.5 Å². The molecule has 0 fully saturated rings. The molecule has 2 aromatic heterocycles. The zero-order valence-corrected chi connectivity index (χ0v) is 18.9. The Bertz CT molecular complexity index is 1210. The van der Waals surface area contributed by atoms with Crippen LogP contribution in [0.3, 0.4) is 0 Å². The third-order valence-electron chi connectivity index (χ3n) is 4.74. The number of hydrogen-bond donors (Lipinski definition) is 2. The van der Waals surface area contributed by atoms with E-state index in [9.17, 15) is 9.59 Å². The Morgan fingerprint density at radius 2 is 2.00 bits per heavy atom. The van der Waals surface area contributed by atoms with Gasteiger partial charge in [-0.2, -0.15) is 0 Å². The van der Waals surface area contributed by atoms with Crippen molar-refractivity contribution in [1.29, 1.82) is 0 Å². The highest BCUT2D eigenvalue weighted by molar-refractivity contribution is 8.00. The Morgan fingerprint density at radius 1 is 1.23 bits per heavy atom. The molecule has 160 valence electrons. The number of para-hydroxylation sites is 1. The first-order valence-electron chi connectivity index (χ1n) is 10.1. The molecule has 31 heavy (non-hydrogen) atoms. The lowest BCUT2D eigenvalue weighted by Gasteiger charge is -2.12. The van der Waals surface area contributed by atoms with Gasteiger partial charge in [0.25, 0.3) is 0 Å². The number of H-pyrrole nitrogens is 1. The smallest absolute Gasteiger partial charge is 0.325 e. The number of carbonyl (C=O) groups is 1. The van der Waals surface area contributed by atoms with E-state index in [1.165, 1.54) is 16.5 Å². The summed E-state index contributed by atoms with van der Waals surface area (Å²) >= 11 is 2.97. The largest absolute Gasteiger partial charge is 0.343 e. The number of fused-ring (bicyclic) bond motifs is 1. The van der Waals surface area contributed by atoms with Crippen LogP contribution in [-0.4, -0.2) is 30.9 Å². The third-order valence-corrected chi connectivity index (χ3v) is 6.86. The molecular weight excluding hydrogens is 430 g/mol. The van der Waals surface area contributed by atoms with Crippen molar-refractivity contribution in [2.24, 2.45) is 0 Å². The van der Waals surface area contributed by atoms with Crippen molar-refractivity contribution in [2.75, 3.05) is 5.32 Å². The van der Waals surface area contributed by atoms with Crippen molar-refractivity contribution < 1.29 is 4.79 Å². The molecule has 0 aliphatic rings. The number of aromatic amines is 1. The van der Waals surface area contributed by atoms with Crippen molar-refractivity contribution in [2.45, 2.75) is 43.6 Å². The molecule has 1 amide bonds. The Labute approximate surface area is 187 Å². The summed E-state index contributed by atoms with van der Waals surface area (Å²) in [7, 11) is 0. The zero-order valence-electron chi connectivity index (χ0n) is 17.3. The highest BCUT2D eigenvalue weighted by atomic mass is 32.2. The topological polar surface area (TPSA) is 92.7 Å². The third kappa shape index (κ3) is 5.05. The lowest BCUT2D eigenvalue weighted by atomic mass is 10.1. The summed E-state index contributed by atoms with van der Waals surface area (Å²) in [5, 5.41) is 10.6. The van der Waals surface area contributed by atoms with Crippen LogP contribution in [-0.2, 0) is 17.8 Å². The average Bonchev–Trinajstić information content (AvgIpc) is 3.33. The molecular formula is C22H23N5O2S2. The van der Waals surface area contributed by atoms with Gasteiger partial charge < -0.3 is 5.32 Å². The standard InChI is InChI=1S/C22H23N5O2S2/c1-3-12-27-21(29)25-26-22(27)30-14(2)20(28)23-16-10-8-15(9-11-16)13-19-24-17-6-4-5-7-18(17)31-19/h4-11,14H,3,12-13H2,1-2H3,(H,23,28)(H,25,29)/t14-/m1/s1. The number of hydrogen-bond acceptors (Lipinski definition) is 6. The minimum Gasteiger partial charge on any atom is -0.325 e. The fourth-order valence-corrected chi connectivity index (χ4v) is 5.03. The van der Waals surface area contributed by atoms with Crippen molar-refractivity contribution in [3.8, 4) is 0 Å². The highest BCUT2D eigenvalue weighted by Gasteiger charge is 2.19. The first kappa shape index (κ1) is 21.3. The molecule has 7 nitrogen and oxygen atoms in total. The van der Waals surface area contributed by atoms with Gasteiger partial charge in [-0.05, 0) is 43.2 Å². The number of anilines is 1. The van der Waals surface area contributed by atoms with Crippen molar-refractivity contribution in [1.82, 2.24) is 19.7 Å². The number of thiazole rings is 1. The second kappa shape index (κ2) is 9.49. The van der Waals surface area contributed by atoms with Gasteiger partial charge in [0.2, 0.25) is 5.91 Å².